The zero-order chi connectivity index (χ0) is 10.6. The fourth-order valence-electron chi connectivity index (χ4n) is 0.691. The molecule has 84 valence electrons. The molecule has 0 radical (unpaired) electrons. The molecule has 0 aliphatic heterocycles. The maximum Gasteiger partial charge on any atom is 0.141 e. The van der Waals surface area contributed by atoms with Crippen molar-refractivity contribution in [1.29, 1.82) is 0 Å². The van der Waals surface area contributed by atoms with Gasteiger partial charge in [0.05, 0.1) is 33.0 Å². The Balaban J connectivity index is 2.99. The number of hydrogen-bond acceptors (Lipinski definition) is 5. The van der Waals surface area contributed by atoms with Crippen LogP contribution in [0.25, 0.3) is 0 Å². The van der Waals surface area contributed by atoms with E-state index in [1.807, 2.05) is 0 Å². The molecule has 0 rings (SSSR count). The smallest absolute Gasteiger partial charge is 0.141 e. The third kappa shape index (κ3) is 9.24. The van der Waals surface area contributed by atoms with Gasteiger partial charge < -0.3 is 25.2 Å². The number of nitrogens with two attached hydrogens (primary N) is 1. The van der Waals surface area contributed by atoms with Crippen molar-refractivity contribution in [2.24, 2.45) is 10.9 Å². The van der Waals surface area contributed by atoms with Crippen molar-refractivity contribution in [3.63, 3.8) is 0 Å². The van der Waals surface area contributed by atoms with Crippen LogP contribution in [0.15, 0.2) is 5.16 Å². The van der Waals surface area contributed by atoms with Crippen molar-refractivity contribution in [3.8, 4) is 0 Å². The maximum absolute atomic E-state index is 8.20. The molecule has 0 bridgehead atoms. The van der Waals surface area contributed by atoms with Gasteiger partial charge >= 0.3 is 0 Å². The van der Waals surface area contributed by atoms with Gasteiger partial charge in [-0.05, 0) is 0 Å². The first-order valence-electron chi connectivity index (χ1n) is 4.42. The van der Waals surface area contributed by atoms with Crippen LogP contribution in [0.1, 0.15) is 6.42 Å². The molecule has 0 amide bonds. The fraction of sp³-hybridized carbons (Fsp3) is 0.875. The molecule has 0 saturated heterocycles. The molecule has 6 heteroatoms. The molecule has 0 aromatic rings. The number of ether oxygens (including phenoxy) is 3. The molecule has 14 heavy (non-hydrogen) atoms. The topological polar surface area (TPSA) is 86.3 Å². The number of nitrogens with zero attached hydrogens (tertiary/aromatic N) is 1. The zero-order valence-corrected chi connectivity index (χ0v) is 8.44. The summed E-state index contributed by atoms with van der Waals surface area (Å²) in [4.78, 5) is 0. The van der Waals surface area contributed by atoms with E-state index in [4.69, 9.17) is 25.2 Å². The minimum absolute atomic E-state index is 0.172. The second-order valence-electron chi connectivity index (χ2n) is 2.56. The van der Waals surface area contributed by atoms with E-state index in [1.165, 1.54) is 0 Å². The molecular weight excluding hydrogens is 188 g/mol. The SMILES string of the molecule is COCCOCCOCCC(N)=NO. The van der Waals surface area contributed by atoms with Crippen LogP contribution in [0, 0.1) is 0 Å². The Morgan fingerprint density at radius 2 is 1.71 bits per heavy atom. The van der Waals surface area contributed by atoms with Crippen molar-refractivity contribution < 1.29 is 19.4 Å². The van der Waals surface area contributed by atoms with E-state index in [9.17, 15) is 0 Å². The third-order valence-electron chi connectivity index (χ3n) is 1.43. The summed E-state index contributed by atoms with van der Waals surface area (Å²) in [5.41, 5.74) is 5.23. The van der Waals surface area contributed by atoms with E-state index in [0.717, 1.165) is 0 Å². The summed E-state index contributed by atoms with van der Waals surface area (Å²) in [6.45, 7) is 2.62. The first-order valence-corrected chi connectivity index (χ1v) is 4.42. The molecule has 0 fully saturated rings. The van der Waals surface area contributed by atoms with Gasteiger partial charge in [-0.2, -0.15) is 0 Å². The molecule has 0 unspecified atom stereocenters. The summed E-state index contributed by atoms with van der Waals surface area (Å²) in [6, 6.07) is 0. The molecule has 6 nitrogen and oxygen atoms in total. The van der Waals surface area contributed by atoms with Crippen LogP contribution in [0.5, 0.6) is 0 Å². The molecule has 0 aliphatic carbocycles. The summed E-state index contributed by atoms with van der Waals surface area (Å²) >= 11 is 0. The van der Waals surface area contributed by atoms with Crippen molar-refractivity contribution in [3.05, 3.63) is 0 Å². The van der Waals surface area contributed by atoms with Crippen LogP contribution in [0.2, 0.25) is 0 Å². The van der Waals surface area contributed by atoms with Gasteiger partial charge in [-0.15, -0.1) is 0 Å². The molecular formula is C8H18N2O4. The molecule has 3 N–H and O–H groups in total. The Bertz CT molecular complexity index is 152. The number of hydrogen-bond donors (Lipinski definition) is 2. The predicted molar refractivity (Wildman–Crippen MR) is 51.5 cm³/mol. The summed E-state index contributed by atoms with van der Waals surface area (Å²) in [7, 11) is 1.62. The van der Waals surface area contributed by atoms with Gasteiger partial charge in [0.1, 0.15) is 5.84 Å². The zero-order valence-electron chi connectivity index (χ0n) is 8.44. The highest BCUT2D eigenvalue weighted by Crippen LogP contribution is 1.84. The minimum atomic E-state index is 0.172. The van der Waals surface area contributed by atoms with E-state index in [0.29, 0.717) is 39.5 Å². The third-order valence-corrected chi connectivity index (χ3v) is 1.43. The lowest BCUT2D eigenvalue weighted by atomic mass is 10.4. The Kier molecular flexibility index (Phi) is 9.61. The Labute approximate surface area is 83.6 Å². The first kappa shape index (κ1) is 13.2. The highest BCUT2D eigenvalue weighted by atomic mass is 16.5. The molecule has 0 saturated carbocycles. The number of amidine groups is 1. The molecule has 0 heterocycles. The number of oxime groups is 1. The Morgan fingerprint density at radius 3 is 2.29 bits per heavy atom. The second-order valence-corrected chi connectivity index (χ2v) is 2.56. The lowest BCUT2D eigenvalue weighted by Gasteiger charge is -2.04. The predicted octanol–water partition coefficient (Wildman–Crippen LogP) is -0.197. The van der Waals surface area contributed by atoms with Crippen LogP contribution in [-0.4, -0.2) is 51.2 Å². The molecule has 0 aliphatic rings. The first-order chi connectivity index (χ1) is 6.81. The number of methoxy groups -OCH3 is 1. The van der Waals surface area contributed by atoms with E-state index >= 15 is 0 Å². The van der Waals surface area contributed by atoms with Gasteiger partial charge in [0.2, 0.25) is 0 Å². The molecule has 0 atom stereocenters. The van der Waals surface area contributed by atoms with Gasteiger partial charge in [-0.3, -0.25) is 0 Å². The fourth-order valence-corrected chi connectivity index (χ4v) is 0.691. The van der Waals surface area contributed by atoms with Crippen LogP contribution in [-0.2, 0) is 14.2 Å². The van der Waals surface area contributed by atoms with Gasteiger partial charge in [-0.25, -0.2) is 0 Å². The molecule has 0 spiro atoms. The maximum atomic E-state index is 8.20. The highest BCUT2D eigenvalue weighted by molar-refractivity contribution is 5.79. The monoisotopic (exact) mass is 206 g/mol. The largest absolute Gasteiger partial charge is 0.409 e. The normalized spacial score (nSPS) is 11.9. The summed E-state index contributed by atoms with van der Waals surface area (Å²) in [5, 5.41) is 11.0. The van der Waals surface area contributed by atoms with Crippen molar-refractivity contribution in [2.45, 2.75) is 6.42 Å². The summed E-state index contributed by atoms with van der Waals surface area (Å²) in [5.74, 6) is 0.172. The van der Waals surface area contributed by atoms with Crippen LogP contribution in [0.4, 0.5) is 0 Å². The quantitative estimate of drug-likeness (QED) is 0.179. The lowest BCUT2D eigenvalue weighted by molar-refractivity contribution is 0.0264. The van der Waals surface area contributed by atoms with E-state index in [-0.39, 0.29) is 5.84 Å². The summed E-state index contributed by atoms with van der Waals surface area (Å²) < 4.78 is 15.1. The van der Waals surface area contributed by atoms with Crippen LogP contribution in [0.3, 0.4) is 0 Å². The van der Waals surface area contributed by atoms with Crippen molar-refractivity contribution >= 4 is 5.84 Å². The van der Waals surface area contributed by atoms with Crippen molar-refractivity contribution in [2.75, 3.05) is 40.1 Å². The lowest BCUT2D eigenvalue weighted by Crippen LogP contribution is -2.16. The average molecular weight is 206 g/mol. The summed E-state index contributed by atoms with van der Waals surface area (Å²) in [6.07, 6.45) is 0.425. The standard InChI is InChI=1S/C8H18N2O4/c1-12-4-5-14-7-6-13-3-2-8(9)10-11/h11H,2-7H2,1H3,(H2,9,10). The van der Waals surface area contributed by atoms with E-state index < -0.39 is 0 Å². The Morgan fingerprint density at radius 1 is 1.14 bits per heavy atom. The van der Waals surface area contributed by atoms with Crippen molar-refractivity contribution in [1.82, 2.24) is 0 Å². The molecule has 0 aromatic heterocycles. The number of rotatable bonds is 9. The second kappa shape index (κ2) is 10.2. The van der Waals surface area contributed by atoms with E-state index in [1.54, 1.807) is 7.11 Å². The van der Waals surface area contributed by atoms with Gasteiger partial charge in [-0.1, -0.05) is 5.16 Å². The minimum Gasteiger partial charge on any atom is -0.409 e. The van der Waals surface area contributed by atoms with Gasteiger partial charge in [0.25, 0.3) is 0 Å². The highest BCUT2D eigenvalue weighted by Gasteiger charge is 1.93. The molecule has 0 aromatic carbocycles. The van der Waals surface area contributed by atoms with Gasteiger partial charge in [0, 0.05) is 13.5 Å². The van der Waals surface area contributed by atoms with Crippen LogP contribution >= 0.6 is 0 Å². The van der Waals surface area contributed by atoms with Crippen LogP contribution < -0.4 is 5.73 Å². The van der Waals surface area contributed by atoms with Gasteiger partial charge in [0.15, 0.2) is 0 Å². The average Bonchev–Trinajstić information content (AvgIpc) is 2.21. The Hall–Kier alpha value is -0.850. The van der Waals surface area contributed by atoms with E-state index in [2.05, 4.69) is 5.16 Å².